The Morgan fingerprint density at radius 2 is 0.811 bits per heavy atom. The van der Waals surface area contributed by atoms with Crippen LogP contribution in [0, 0.1) is 0 Å². The van der Waals surface area contributed by atoms with Gasteiger partial charge in [0.05, 0.1) is 35.6 Å². The molecule has 0 N–H and O–H groups in total. The number of thioether (sulfide) groups is 2. The Hall–Kier alpha value is 1.58. The highest BCUT2D eigenvalue weighted by atomic mass is 32.2. The predicted octanol–water partition coefficient (Wildman–Crippen LogP) is 8.55. The van der Waals surface area contributed by atoms with Crippen LogP contribution in [0.4, 0.5) is 0 Å². The Labute approximate surface area is 245 Å². The lowest BCUT2D eigenvalue weighted by atomic mass is 10.0. The molecule has 0 aliphatic rings. The summed E-state index contributed by atoms with van der Waals surface area (Å²) in [5.74, 6) is 2.08. The molecule has 0 saturated heterocycles. The number of hydrogen-bond donors (Lipinski definition) is 0. The van der Waals surface area contributed by atoms with E-state index < -0.39 is 41.6 Å². The third kappa shape index (κ3) is 19.4. The van der Waals surface area contributed by atoms with E-state index in [9.17, 15) is 0 Å². The third-order valence-corrected chi connectivity index (χ3v) is 12.3. The number of hydrogen-bond acceptors (Lipinski definition) is 7. The van der Waals surface area contributed by atoms with Crippen molar-refractivity contribution in [3.63, 3.8) is 0 Å². The van der Waals surface area contributed by atoms with E-state index in [1.165, 1.54) is 0 Å². The lowest BCUT2D eigenvalue weighted by Crippen LogP contribution is -2.61. The van der Waals surface area contributed by atoms with Gasteiger partial charge in [0.2, 0.25) is 0 Å². The largest absolute Gasteiger partial charge is 0.415 e. The van der Waals surface area contributed by atoms with E-state index in [4.69, 9.17) is 22.1 Å². The Balaban J connectivity index is 7.05. The predicted molar refractivity (Wildman–Crippen MR) is 182 cm³/mol. The summed E-state index contributed by atoms with van der Waals surface area (Å²) in [7, 11) is -9.54. The summed E-state index contributed by atoms with van der Waals surface area (Å²) >= 11 is 3.95. The fourth-order valence-corrected chi connectivity index (χ4v) is 11.6. The van der Waals surface area contributed by atoms with Gasteiger partial charge in [-0.05, 0) is 110 Å². The van der Waals surface area contributed by atoms with Crippen LogP contribution >= 0.6 is 23.5 Å². The van der Waals surface area contributed by atoms with Crippen molar-refractivity contribution in [2.24, 2.45) is 0 Å². The highest BCUT2D eigenvalue weighted by molar-refractivity contribution is 8.17. The molecule has 0 aromatic rings. The molecule has 0 aromatic heterocycles. The molecule has 0 aliphatic carbocycles. The van der Waals surface area contributed by atoms with E-state index in [1.807, 2.05) is 23.5 Å². The Kier molecular flexibility index (Phi) is 16.4. The maximum absolute atomic E-state index is 7.15. The van der Waals surface area contributed by atoms with Gasteiger partial charge in [-0.3, -0.25) is 0 Å². The molecule has 0 saturated carbocycles. The van der Waals surface area contributed by atoms with Crippen LogP contribution in [0.3, 0.4) is 0 Å². The molecule has 0 amide bonds. The summed E-state index contributed by atoms with van der Waals surface area (Å²) in [5.41, 5.74) is 0. The van der Waals surface area contributed by atoms with E-state index in [-0.39, 0.29) is 29.0 Å². The first-order chi connectivity index (χ1) is 16.4. The molecule has 5 nitrogen and oxygen atoms in total. The normalized spacial score (nSPS) is 17.7. The molecular weight excluding hydrogens is 585 g/mol. The first-order valence-corrected chi connectivity index (χ1v) is 33.1. The zero-order valence-electron chi connectivity index (χ0n) is 27.4. The summed E-state index contributed by atoms with van der Waals surface area (Å²) < 4.78 is 35.1. The van der Waals surface area contributed by atoms with Crippen LogP contribution in [0.25, 0.3) is 0 Å². The van der Waals surface area contributed by atoms with Gasteiger partial charge >= 0.3 is 0 Å². The molecule has 0 fully saturated rings. The summed E-state index contributed by atoms with van der Waals surface area (Å²) in [5, 5.41) is 0. The lowest BCUT2D eigenvalue weighted by Gasteiger charge is -2.47. The maximum Gasteiger partial charge on any atom is 0.184 e. The van der Waals surface area contributed by atoms with Crippen LogP contribution in [-0.4, -0.2) is 88.7 Å². The first kappa shape index (κ1) is 38.6. The highest BCUT2D eigenvalue weighted by Crippen LogP contribution is 2.37. The molecular formula is C25H62O5S2Si5. The third-order valence-electron chi connectivity index (χ3n) is 4.60. The van der Waals surface area contributed by atoms with Gasteiger partial charge in [0, 0.05) is 0 Å². The van der Waals surface area contributed by atoms with Crippen LogP contribution < -0.4 is 0 Å². The molecule has 0 aromatic carbocycles. The van der Waals surface area contributed by atoms with Gasteiger partial charge in [-0.1, -0.05) is 13.8 Å². The van der Waals surface area contributed by atoms with Gasteiger partial charge in [-0.25, -0.2) is 0 Å². The Morgan fingerprint density at radius 3 is 1.14 bits per heavy atom. The van der Waals surface area contributed by atoms with E-state index in [1.54, 1.807) is 0 Å². The zero-order valence-corrected chi connectivity index (χ0v) is 34.0. The van der Waals surface area contributed by atoms with Crippen molar-refractivity contribution in [2.75, 3.05) is 18.1 Å². The van der Waals surface area contributed by atoms with Gasteiger partial charge in [0.1, 0.15) is 0 Å². The maximum atomic E-state index is 7.15. The smallest absolute Gasteiger partial charge is 0.184 e. The molecule has 0 spiro atoms. The summed E-state index contributed by atoms with van der Waals surface area (Å²) in [6.07, 6.45) is -0.757. The molecule has 224 valence electrons. The van der Waals surface area contributed by atoms with Crippen LogP contribution in [0.15, 0.2) is 0 Å². The van der Waals surface area contributed by atoms with Crippen molar-refractivity contribution in [1.29, 1.82) is 0 Å². The van der Waals surface area contributed by atoms with Gasteiger partial charge in [0.15, 0.2) is 41.6 Å². The lowest BCUT2D eigenvalue weighted by molar-refractivity contribution is -0.0839. The van der Waals surface area contributed by atoms with Gasteiger partial charge in [-0.15, -0.1) is 23.5 Å². The minimum Gasteiger partial charge on any atom is -0.415 e. The monoisotopic (exact) mass is 646 g/mol. The SMILES string of the molecule is CCSC(SCC)[C@H](O[Si](C)(C)C)[C@@H](O[Si](C)(C)C)[C@@H](O[Si](C)(C)C)[C@@H](CO[Si](C)(C)C)O[Si](C)(C)C. The van der Waals surface area contributed by atoms with Gasteiger partial charge in [-0.2, -0.15) is 0 Å². The topological polar surface area (TPSA) is 46.2 Å². The van der Waals surface area contributed by atoms with Crippen LogP contribution in [0.1, 0.15) is 13.8 Å². The van der Waals surface area contributed by atoms with Gasteiger partial charge in [0.25, 0.3) is 0 Å². The van der Waals surface area contributed by atoms with Crippen molar-refractivity contribution < 1.29 is 22.1 Å². The minimum absolute atomic E-state index is 0.0886. The number of rotatable bonds is 19. The fourth-order valence-electron chi connectivity index (χ4n) is 3.73. The quantitative estimate of drug-likeness (QED) is 0.103. The minimum atomic E-state index is -1.98. The van der Waals surface area contributed by atoms with E-state index in [0.717, 1.165) is 11.5 Å². The summed E-state index contributed by atoms with van der Waals surface area (Å²) in [6, 6.07) is 0. The molecule has 0 aliphatic heterocycles. The second kappa shape index (κ2) is 15.7. The van der Waals surface area contributed by atoms with Crippen LogP contribution in [0.5, 0.6) is 0 Å². The Bertz CT molecular complexity index is 634. The second-order valence-corrected chi connectivity index (χ2v) is 40.0. The molecule has 37 heavy (non-hydrogen) atoms. The van der Waals surface area contributed by atoms with Crippen molar-refractivity contribution in [3.05, 3.63) is 0 Å². The molecule has 4 atom stereocenters. The molecule has 0 rings (SSSR count). The molecule has 0 radical (unpaired) electrons. The first-order valence-electron chi connectivity index (χ1n) is 14.0. The van der Waals surface area contributed by atoms with E-state index >= 15 is 0 Å². The van der Waals surface area contributed by atoms with Crippen molar-refractivity contribution in [3.8, 4) is 0 Å². The summed E-state index contributed by atoms with van der Waals surface area (Å²) in [4.78, 5) is 0. The average molecular weight is 647 g/mol. The van der Waals surface area contributed by atoms with E-state index in [0.29, 0.717) is 6.61 Å². The van der Waals surface area contributed by atoms with Crippen LogP contribution in [0.2, 0.25) is 98.2 Å². The van der Waals surface area contributed by atoms with Crippen LogP contribution in [-0.2, 0) is 22.1 Å². The Morgan fingerprint density at radius 1 is 0.459 bits per heavy atom. The van der Waals surface area contributed by atoms with Crippen molar-refractivity contribution in [1.82, 2.24) is 0 Å². The average Bonchev–Trinajstić information content (AvgIpc) is 2.62. The summed E-state index contributed by atoms with van der Waals surface area (Å²) in [6.45, 7) is 39.0. The molecule has 12 heteroatoms. The van der Waals surface area contributed by atoms with Crippen molar-refractivity contribution in [2.45, 2.75) is 141 Å². The standard InChI is InChI=1S/C25H62O5S2Si5/c1-18-31-25(32-19-2)24(30-37(15,16)17)23(29-36(12,13)14)22(28-35(9,10)11)21(27-34(6,7)8)20-26-33(3,4)5/h21-25H,18-20H2,1-17H3/t21-,22+,23+,24-/m1/s1. The van der Waals surface area contributed by atoms with Gasteiger partial charge < -0.3 is 22.1 Å². The fraction of sp³-hybridized carbons (Fsp3) is 1.00. The molecule has 0 unspecified atom stereocenters. The second-order valence-electron chi connectivity index (χ2n) is 14.6. The molecule has 0 bridgehead atoms. The highest BCUT2D eigenvalue weighted by Gasteiger charge is 2.47. The zero-order chi connectivity index (χ0) is 29.5. The molecule has 0 heterocycles. The van der Waals surface area contributed by atoms with Crippen molar-refractivity contribution >= 4 is 65.1 Å². The van der Waals surface area contributed by atoms with E-state index in [2.05, 4.69) is 112 Å².